The van der Waals surface area contributed by atoms with E-state index in [1.807, 2.05) is 40.7 Å². The molecule has 0 saturated heterocycles. The molecule has 1 unspecified atom stereocenters. The summed E-state index contributed by atoms with van der Waals surface area (Å²) in [4.78, 5) is 25.2. The first-order valence-corrected chi connectivity index (χ1v) is 10.6. The van der Waals surface area contributed by atoms with E-state index in [1.54, 1.807) is 13.0 Å². The average Bonchev–Trinajstić information content (AvgIpc) is 2.51. The summed E-state index contributed by atoms with van der Waals surface area (Å²) in [6.07, 6.45) is 7.57. The lowest BCUT2D eigenvalue weighted by Gasteiger charge is -2.30. The number of rotatable bonds is 11. The normalized spacial score (nSPS) is 13.1. The minimum Gasteiger partial charge on any atom is -0.464 e. The third-order valence-corrected chi connectivity index (χ3v) is 4.39. The number of nitrogens with zero attached hydrogens (tertiary/aromatic N) is 1. The maximum absolute atomic E-state index is 12.7. The molecule has 0 bridgehead atoms. The van der Waals surface area contributed by atoms with Gasteiger partial charge in [0.1, 0.15) is 5.60 Å². The second kappa shape index (κ2) is 13.1. The summed E-state index contributed by atoms with van der Waals surface area (Å²) in [7, 11) is 0. The third kappa shape index (κ3) is 11.4. The van der Waals surface area contributed by atoms with Crippen LogP contribution in [0.3, 0.4) is 0 Å². The lowest BCUT2D eigenvalue weighted by molar-refractivity contribution is -0.145. The minimum absolute atomic E-state index is 0.266. The molecule has 6 heteroatoms. The Balaban J connectivity index is 5.33. The van der Waals surface area contributed by atoms with Crippen molar-refractivity contribution in [2.45, 2.75) is 85.8 Å². The molecular formula is C20H37NO4S. The van der Waals surface area contributed by atoms with Gasteiger partial charge in [0.05, 0.1) is 6.61 Å². The summed E-state index contributed by atoms with van der Waals surface area (Å²) < 4.78 is 12.1. The summed E-state index contributed by atoms with van der Waals surface area (Å²) >= 11 is 1.34. The predicted molar refractivity (Wildman–Crippen MR) is 109 cm³/mol. The molecule has 0 spiro atoms. The quantitative estimate of drug-likeness (QED) is 0.200. The summed E-state index contributed by atoms with van der Waals surface area (Å²) in [6, 6.07) is -0.789. The van der Waals surface area contributed by atoms with Gasteiger partial charge in [0.25, 0.3) is 0 Å². The SMILES string of the molecule is CCCCCCSN(C(=O)OC(C)(C)C)C(/C=C/C(C)C)C(=O)OCC. The van der Waals surface area contributed by atoms with Crippen molar-refractivity contribution in [3.8, 4) is 0 Å². The fourth-order valence-electron chi connectivity index (χ4n) is 2.05. The monoisotopic (exact) mass is 387 g/mol. The van der Waals surface area contributed by atoms with Crippen LogP contribution in [0.15, 0.2) is 12.2 Å². The molecule has 0 N–H and O–H groups in total. The van der Waals surface area contributed by atoms with E-state index in [0.717, 1.165) is 25.0 Å². The standard InChI is InChI=1S/C20H37NO4S/c1-8-10-11-12-15-26-21(19(23)25-20(5,6)7)17(14-13-16(3)4)18(22)24-9-2/h13-14,16-17H,8-12,15H2,1-7H3/b14-13+. The zero-order chi connectivity index (χ0) is 20.2. The van der Waals surface area contributed by atoms with Crippen molar-refractivity contribution in [2.75, 3.05) is 12.4 Å². The highest BCUT2D eigenvalue weighted by Crippen LogP contribution is 2.23. The molecule has 0 aromatic rings. The molecule has 0 radical (unpaired) electrons. The first-order valence-electron chi connectivity index (χ1n) is 9.62. The topological polar surface area (TPSA) is 55.8 Å². The van der Waals surface area contributed by atoms with Crippen molar-refractivity contribution in [1.82, 2.24) is 4.31 Å². The van der Waals surface area contributed by atoms with Gasteiger partial charge in [0.15, 0.2) is 6.04 Å². The van der Waals surface area contributed by atoms with Crippen LogP contribution in [-0.4, -0.2) is 40.4 Å². The van der Waals surface area contributed by atoms with E-state index < -0.39 is 23.7 Å². The van der Waals surface area contributed by atoms with E-state index in [-0.39, 0.29) is 12.5 Å². The predicted octanol–water partition coefficient (Wildman–Crippen LogP) is 5.60. The van der Waals surface area contributed by atoms with Crippen LogP contribution >= 0.6 is 11.9 Å². The Bertz CT molecular complexity index is 444. The molecular weight excluding hydrogens is 350 g/mol. The summed E-state index contributed by atoms with van der Waals surface area (Å²) in [5, 5.41) is 0. The second-order valence-electron chi connectivity index (χ2n) is 7.53. The van der Waals surface area contributed by atoms with Gasteiger partial charge in [-0.15, -0.1) is 0 Å². The molecule has 26 heavy (non-hydrogen) atoms. The van der Waals surface area contributed by atoms with Gasteiger partial charge in [-0.1, -0.05) is 52.2 Å². The molecule has 152 valence electrons. The number of amides is 1. The van der Waals surface area contributed by atoms with Crippen LogP contribution in [0.1, 0.15) is 74.1 Å². The zero-order valence-corrected chi connectivity index (χ0v) is 18.4. The van der Waals surface area contributed by atoms with Crippen molar-refractivity contribution in [1.29, 1.82) is 0 Å². The van der Waals surface area contributed by atoms with Crippen molar-refractivity contribution in [2.24, 2.45) is 5.92 Å². The lowest BCUT2D eigenvalue weighted by atomic mass is 10.1. The molecule has 0 aliphatic carbocycles. The highest BCUT2D eigenvalue weighted by Gasteiger charge is 2.33. The smallest absolute Gasteiger partial charge is 0.421 e. The molecule has 0 heterocycles. The fourth-order valence-corrected chi connectivity index (χ4v) is 3.04. The first kappa shape index (κ1) is 24.8. The number of carbonyl (C=O) groups is 2. The van der Waals surface area contributed by atoms with Crippen LogP contribution in [0, 0.1) is 5.92 Å². The molecule has 0 saturated carbocycles. The van der Waals surface area contributed by atoms with Gasteiger partial charge in [-0.25, -0.2) is 13.9 Å². The highest BCUT2D eigenvalue weighted by molar-refractivity contribution is 7.97. The molecule has 1 atom stereocenters. The van der Waals surface area contributed by atoms with Crippen LogP contribution < -0.4 is 0 Å². The highest BCUT2D eigenvalue weighted by atomic mass is 32.2. The average molecular weight is 388 g/mol. The van der Waals surface area contributed by atoms with Crippen molar-refractivity contribution >= 4 is 24.0 Å². The van der Waals surface area contributed by atoms with Crippen molar-refractivity contribution in [3.63, 3.8) is 0 Å². The van der Waals surface area contributed by atoms with E-state index in [2.05, 4.69) is 6.92 Å². The van der Waals surface area contributed by atoms with Crippen LogP contribution in [0.4, 0.5) is 4.79 Å². The molecule has 0 aliphatic rings. The molecule has 0 fully saturated rings. The van der Waals surface area contributed by atoms with E-state index >= 15 is 0 Å². The Labute approximate surface area is 164 Å². The van der Waals surface area contributed by atoms with Gasteiger partial charge in [-0.2, -0.15) is 0 Å². The minimum atomic E-state index is -0.789. The van der Waals surface area contributed by atoms with Gasteiger partial charge in [-0.05, 0) is 52.0 Å². The Morgan fingerprint density at radius 2 is 1.73 bits per heavy atom. The Kier molecular flexibility index (Phi) is 12.5. The van der Waals surface area contributed by atoms with Gasteiger partial charge >= 0.3 is 12.1 Å². The number of hydrogen-bond acceptors (Lipinski definition) is 5. The molecule has 1 amide bonds. The fraction of sp³-hybridized carbons (Fsp3) is 0.800. The zero-order valence-electron chi connectivity index (χ0n) is 17.5. The van der Waals surface area contributed by atoms with Crippen LogP contribution in [-0.2, 0) is 14.3 Å². The van der Waals surface area contributed by atoms with Gasteiger partial charge in [0, 0.05) is 5.75 Å². The number of carbonyl (C=O) groups excluding carboxylic acids is 2. The Morgan fingerprint density at radius 1 is 1.08 bits per heavy atom. The Morgan fingerprint density at radius 3 is 2.23 bits per heavy atom. The van der Waals surface area contributed by atoms with Crippen LogP contribution in [0.25, 0.3) is 0 Å². The number of ether oxygens (including phenoxy) is 2. The second-order valence-corrected chi connectivity index (χ2v) is 8.59. The number of hydrogen-bond donors (Lipinski definition) is 0. The molecule has 5 nitrogen and oxygen atoms in total. The van der Waals surface area contributed by atoms with Crippen LogP contribution in [0.5, 0.6) is 0 Å². The number of allylic oxidation sites excluding steroid dienone is 1. The van der Waals surface area contributed by atoms with E-state index in [1.165, 1.54) is 22.7 Å². The maximum atomic E-state index is 12.7. The molecule has 0 rings (SSSR count). The largest absolute Gasteiger partial charge is 0.464 e. The number of unbranched alkanes of at least 4 members (excludes halogenated alkanes) is 3. The maximum Gasteiger partial charge on any atom is 0.421 e. The molecule has 0 aromatic heterocycles. The van der Waals surface area contributed by atoms with Crippen molar-refractivity contribution in [3.05, 3.63) is 12.2 Å². The van der Waals surface area contributed by atoms with E-state index in [9.17, 15) is 9.59 Å². The first-order chi connectivity index (χ1) is 12.1. The summed E-state index contributed by atoms with van der Waals surface area (Å²) in [5.74, 6) is 0.586. The lowest BCUT2D eigenvalue weighted by Crippen LogP contribution is -2.43. The summed E-state index contributed by atoms with van der Waals surface area (Å²) in [6.45, 7) is 13.7. The molecule has 0 aliphatic heterocycles. The van der Waals surface area contributed by atoms with Crippen molar-refractivity contribution < 1.29 is 19.1 Å². The summed E-state index contributed by atoms with van der Waals surface area (Å²) in [5.41, 5.74) is -0.626. The third-order valence-electron chi connectivity index (χ3n) is 3.26. The number of esters is 1. The van der Waals surface area contributed by atoms with E-state index in [4.69, 9.17) is 9.47 Å². The van der Waals surface area contributed by atoms with Gasteiger partial charge < -0.3 is 9.47 Å². The molecule has 0 aromatic carbocycles. The van der Waals surface area contributed by atoms with E-state index in [0.29, 0.717) is 0 Å². The van der Waals surface area contributed by atoms with Crippen LogP contribution in [0.2, 0.25) is 0 Å². The van der Waals surface area contributed by atoms with Gasteiger partial charge in [0.2, 0.25) is 0 Å². The van der Waals surface area contributed by atoms with Gasteiger partial charge in [-0.3, -0.25) is 0 Å². The Hall–Kier alpha value is -1.17.